The Hall–Kier alpha value is -3.04. The van der Waals surface area contributed by atoms with Crippen molar-refractivity contribution in [2.75, 3.05) is 13.1 Å². The number of benzene rings is 1. The van der Waals surface area contributed by atoms with Gasteiger partial charge in [-0.15, -0.1) is 0 Å². The van der Waals surface area contributed by atoms with Gasteiger partial charge in [0.2, 0.25) is 0 Å². The maximum atomic E-state index is 13.5. The lowest BCUT2D eigenvalue weighted by Gasteiger charge is -2.30. The highest BCUT2D eigenvalue weighted by atomic mass is 19.4. The number of halogens is 3. The minimum Gasteiger partial charge on any atom is -0.352 e. The van der Waals surface area contributed by atoms with E-state index in [-0.39, 0.29) is 36.0 Å². The second-order valence-corrected chi connectivity index (χ2v) is 10.00. The molecule has 7 nitrogen and oxygen atoms in total. The van der Waals surface area contributed by atoms with Gasteiger partial charge in [0.15, 0.2) is 0 Å². The molecule has 3 aliphatic rings. The van der Waals surface area contributed by atoms with E-state index >= 15 is 0 Å². The lowest BCUT2D eigenvalue weighted by atomic mass is 9.91. The van der Waals surface area contributed by atoms with Crippen LogP contribution >= 0.6 is 0 Å². The number of amides is 3. The van der Waals surface area contributed by atoms with E-state index in [0.29, 0.717) is 24.4 Å². The molecule has 1 atom stereocenters. The van der Waals surface area contributed by atoms with Crippen LogP contribution in [0.25, 0.3) is 0 Å². The molecular formula is C25H30F3N5O2. The fourth-order valence-electron chi connectivity index (χ4n) is 5.74. The Labute approximate surface area is 201 Å². The minimum absolute atomic E-state index is 0.0610. The van der Waals surface area contributed by atoms with Gasteiger partial charge in [-0.05, 0) is 56.6 Å². The van der Waals surface area contributed by atoms with Crippen LogP contribution in [0, 0.1) is 0 Å². The number of nitrogens with zero attached hydrogens (tertiary/aromatic N) is 3. The first-order valence-electron chi connectivity index (χ1n) is 12.3. The van der Waals surface area contributed by atoms with E-state index in [1.807, 2.05) is 4.68 Å². The van der Waals surface area contributed by atoms with E-state index < -0.39 is 17.8 Å². The van der Waals surface area contributed by atoms with Gasteiger partial charge in [-0.2, -0.15) is 18.3 Å². The molecule has 2 aliphatic carbocycles. The van der Waals surface area contributed by atoms with Crippen LogP contribution in [0.5, 0.6) is 0 Å². The summed E-state index contributed by atoms with van der Waals surface area (Å²) in [6.45, 7) is 0.694. The lowest BCUT2D eigenvalue weighted by Crippen LogP contribution is -2.41. The average molecular weight is 490 g/mol. The van der Waals surface area contributed by atoms with Crippen molar-refractivity contribution in [2.45, 2.75) is 75.0 Å². The van der Waals surface area contributed by atoms with Crippen molar-refractivity contribution >= 4 is 11.9 Å². The van der Waals surface area contributed by atoms with Gasteiger partial charge in [-0.3, -0.25) is 9.48 Å². The van der Waals surface area contributed by atoms with Crippen LogP contribution in [0.2, 0.25) is 0 Å². The van der Waals surface area contributed by atoms with Crippen molar-refractivity contribution in [3.05, 3.63) is 52.8 Å². The molecule has 1 aromatic heterocycles. The van der Waals surface area contributed by atoms with E-state index in [0.717, 1.165) is 50.3 Å². The molecule has 0 spiro atoms. The van der Waals surface area contributed by atoms with Crippen LogP contribution in [0.3, 0.4) is 0 Å². The van der Waals surface area contributed by atoms with E-state index in [1.165, 1.54) is 12.1 Å². The zero-order chi connectivity index (χ0) is 24.7. The van der Waals surface area contributed by atoms with Gasteiger partial charge in [0.05, 0.1) is 29.1 Å². The van der Waals surface area contributed by atoms with Crippen LogP contribution in [-0.4, -0.2) is 45.8 Å². The number of carbonyl (C=O) groups excluding carboxylic acids is 2. The number of hydrogen-bond donors (Lipinski definition) is 2. The van der Waals surface area contributed by atoms with Gasteiger partial charge in [-0.1, -0.05) is 18.2 Å². The van der Waals surface area contributed by atoms with E-state index in [2.05, 4.69) is 10.4 Å². The molecule has 188 valence electrons. The zero-order valence-electron chi connectivity index (χ0n) is 19.4. The van der Waals surface area contributed by atoms with Gasteiger partial charge >= 0.3 is 12.2 Å². The molecule has 0 bridgehead atoms. The van der Waals surface area contributed by atoms with Crippen LogP contribution in [0.15, 0.2) is 30.5 Å². The van der Waals surface area contributed by atoms with Crippen LogP contribution < -0.4 is 11.1 Å². The molecule has 1 aliphatic heterocycles. The highest BCUT2D eigenvalue weighted by Crippen LogP contribution is 2.45. The number of nitrogens with two attached hydrogens (primary N) is 1. The predicted molar refractivity (Wildman–Crippen MR) is 123 cm³/mol. The first-order chi connectivity index (χ1) is 16.7. The van der Waals surface area contributed by atoms with Gasteiger partial charge in [0.25, 0.3) is 5.91 Å². The Balaban J connectivity index is 1.32. The maximum absolute atomic E-state index is 13.5. The third kappa shape index (κ3) is 4.88. The average Bonchev–Trinajstić information content (AvgIpc) is 3.37. The van der Waals surface area contributed by atoms with E-state index in [1.54, 1.807) is 17.2 Å². The smallest absolute Gasteiger partial charge is 0.352 e. The van der Waals surface area contributed by atoms with Gasteiger partial charge in [-0.25, -0.2) is 4.79 Å². The largest absolute Gasteiger partial charge is 0.416 e. The fourth-order valence-corrected chi connectivity index (χ4v) is 5.74. The third-order valence-corrected chi connectivity index (χ3v) is 7.60. The Kier molecular flexibility index (Phi) is 6.23. The quantitative estimate of drug-likeness (QED) is 0.645. The molecule has 1 saturated heterocycles. The predicted octanol–water partition coefficient (Wildman–Crippen LogP) is 4.56. The first kappa shape index (κ1) is 23.7. The minimum atomic E-state index is -4.42. The third-order valence-electron chi connectivity index (χ3n) is 7.60. The second-order valence-electron chi connectivity index (χ2n) is 10.00. The molecule has 2 heterocycles. The van der Waals surface area contributed by atoms with Crippen molar-refractivity contribution < 1.29 is 22.8 Å². The lowest BCUT2D eigenvalue weighted by molar-refractivity contribution is -0.138. The summed E-state index contributed by atoms with van der Waals surface area (Å²) >= 11 is 0. The number of rotatable bonds is 5. The SMILES string of the molecule is NC(=O)N[C@H]1CC[C@H](n2ncc(C(=O)N3CC[C@@H](c4ccccc4C(F)(F)F)C3)c2C2CC2)CC1. The Bertz CT molecular complexity index is 1100. The molecule has 2 saturated carbocycles. The van der Waals surface area contributed by atoms with Crippen LogP contribution in [0.4, 0.5) is 18.0 Å². The number of likely N-dealkylation sites (tertiary alicyclic amines) is 1. The number of urea groups is 1. The summed E-state index contributed by atoms with van der Waals surface area (Å²) in [7, 11) is 0. The van der Waals surface area contributed by atoms with E-state index in [4.69, 9.17) is 5.73 Å². The number of hydrogen-bond acceptors (Lipinski definition) is 3. The number of nitrogens with one attached hydrogen (secondary N) is 1. The molecule has 35 heavy (non-hydrogen) atoms. The summed E-state index contributed by atoms with van der Waals surface area (Å²) < 4.78 is 42.6. The standard InChI is InChI=1S/C25H30F3N5O2/c26-25(27,28)21-4-2-1-3-19(21)16-11-12-32(14-16)23(34)20-13-30-33(22(20)15-5-6-15)18-9-7-17(8-10-18)31-24(29)35/h1-4,13,15-18H,5-12,14H2,(H3,29,31,35)/t16-,17-,18-/m1/s1. The molecule has 3 N–H and O–H groups in total. The zero-order valence-corrected chi connectivity index (χ0v) is 19.4. The molecule has 0 radical (unpaired) electrons. The van der Waals surface area contributed by atoms with Crippen LogP contribution in [-0.2, 0) is 6.18 Å². The number of aromatic nitrogens is 2. The highest BCUT2D eigenvalue weighted by molar-refractivity contribution is 5.95. The topological polar surface area (TPSA) is 93.2 Å². The Morgan fingerprint density at radius 3 is 2.37 bits per heavy atom. The van der Waals surface area contributed by atoms with Gasteiger partial charge in [0, 0.05) is 31.0 Å². The van der Waals surface area contributed by atoms with Crippen molar-refractivity contribution in [3.8, 4) is 0 Å². The van der Waals surface area contributed by atoms with E-state index in [9.17, 15) is 22.8 Å². The van der Waals surface area contributed by atoms with Gasteiger partial charge < -0.3 is 16.0 Å². The van der Waals surface area contributed by atoms with Crippen molar-refractivity contribution in [1.82, 2.24) is 20.0 Å². The molecule has 10 heteroatoms. The molecule has 5 rings (SSSR count). The van der Waals surface area contributed by atoms with Crippen LogP contribution in [0.1, 0.15) is 90.0 Å². The highest BCUT2D eigenvalue weighted by Gasteiger charge is 2.40. The summed E-state index contributed by atoms with van der Waals surface area (Å²) in [4.78, 5) is 26.3. The summed E-state index contributed by atoms with van der Waals surface area (Å²) in [5.41, 5.74) is 6.43. The molecule has 1 aromatic carbocycles. The molecular weight excluding hydrogens is 459 g/mol. The summed E-state index contributed by atoms with van der Waals surface area (Å²) in [6, 6.07) is 5.37. The Morgan fingerprint density at radius 1 is 1.00 bits per heavy atom. The first-order valence-corrected chi connectivity index (χ1v) is 12.3. The molecule has 3 amide bonds. The summed E-state index contributed by atoms with van der Waals surface area (Å²) in [5.74, 6) is -0.194. The second kappa shape index (κ2) is 9.20. The van der Waals surface area contributed by atoms with Crippen molar-refractivity contribution in [1.29, 1.82) is 0 Å². The molecule has 2 aromatic rings. The normalized spacial score (nSPS) is 25.0. The number of carbonyl (C=O) groups is 2. The summed E-state index contributed by atoms with van der Waals surface area (Å²) in [5, 5.41) is 7.38. The maximum Gasteiger partial charge on any atom is 0.416 e. The van der Waals surface area contributed by atoms with Gasteiger partial charge in [0.1, 0.15) is 0 Å². The molecule has 0 unspecified atom stereocenters. The van der Waals surface area contributed by atoms with Crippen molar-refractivity contribution in [2.24, 2.45) is 5.73 Å². The number of primary amides is 1. The summed E-state index contributed by atoms with van der Waals surface area (Å²) in [6.07, 6.45) is 3.00. The van der Waals surface area contributed by atoms with Crippen molar-refractivity contribution in [3.63, 3.8) is 0 Å². The Morgan fingerprint density at radius 2 is 1.71 bits per heavy atom. The fraction of sp³-hybridized carbons (Fsp3) is 0.560. The molecule has 3 fully saturated rings. The monoisotopic (exact) mass is 489 g/mol. The number of alkyl halides is 3.